The number of methoxy groups -OCH3 is 1. The van der Waals surface area contributed by atoms with Gasteiger partial charge in [-0.15, -0.1) is 0 Å². The Labute approximate surface area is 157 Å². The van der Waals surface area contributed by atoms with E-state index in [1.807, 2.05) is 6.07 Å². The van der Waals surface area contributed by atoms with Crippen LogP contribution >= 0.6 is 0 Å². The molecule has 1 aliphatic heterocycles. The fraction of sp³-hybridized carbons (Fsp3) is 0.850. The molecule has 6 nitrogen and oxygen atoms in total. The van der Waals surface area contributed by atoms with Crippen LogP contribution in [-0.2, 0) is 22.5 Å². The second-order valence-electron chi connectivity index (χ2n) is 8.37. The summed E-state index contributed by atoms with van der Waals surface area (Å²) in [5, 5.41) is 14.5. The number of ether oxygens (including phenoxy) is 2. The van der Waals surface area contributed by atoms with E-state index in [1.54, 1.807) is 7.11 Å². The molecule has 0 amide bonds. The van der Waals surface area contributed by atoms with Gasteiger partial charge in [-0.25, -0.2) is 0 Å². The van der Waals surface area contributed by atoms with E-state index in [9.17, 15) is 5.11 Å². The van der Waals surface area contributed by atoms with Gasteiger partial charge in [0.05, 0.1) is 24.0 Å². The van der Waals surface area contributed by atoms with Crippen LogP contribution in [-0.4, -0.2) is 60.2 Å². The number of rotatable bonds is 10. The van der Waals surface area contributed by atoms with Crippen molar-refractivity contribution in [3.8, 4) is 0 Å². The minimum Gasteiger partial charge on any atom is -0.390 e. The zero-order chi connectivity index (χ0) is 19.1. The van der Waals surface area contributed by atoms with Crippen molar-refractivity contribution in [3.05, 3.63) is 17.5 Å². The number of aliphatic hydroxyl groups excluding tert-OH is 1. The average molecular weight is 369 g/mol. The fourth-order valence-electron chi connectivity index (χ4n) is 3.67. The second kappa shape index (κ2) is 10.4. The van der Waals surface area contributed by atoms with Gasteiger partial charge >= 0.3 is 0 Å². The molecular formula is C20H36N2O4. The zero-order valence-corrected chi connectivity index (χ0v) is 17.0. The molecule has 0 aromatic carbocycles. The lowest BCUT2D eigenvalue weighted by Crippen LogP contribution is -2.48. The van der Waals surface area contributed by atoms with Gasteiger partial charge in [0.15, 0.2) is 5.76 Å². The topological polar surface area (TPSA) is 68.0 Å². The van der Waals surface area contributed by atoms with Crippen molar-refractivity contribution in [1.29, 1.82) is 0 Å². The smallest absolute Gasteiger partial charge is 0.162 e. The maximum Gasteiger partial charge on any atom is 0.162 e. The highest BCUT2D eigenvalue weighted by Gasteiger charge is 2.32. The van der Waals surface area contributed by atoms with Gasteiger partial charge in [0.25, 0.3) is 0 Å². The van der Waals surface area contributed by atoms with Gasteiger partial charge in [-0.3, -0.25) is 0 Å². The van der Waals surface area contributed by atoms with Crippen LogP contribution in [0.4, 0.5) is 0 Å². The lowest BCUT2D eigenvalue weighted by Gasteiger charge is -2.37. The molecule has 1 fully saturated rings. The van der Waals surface area contributed by atoms with Gasteiger partial charge < -0.3 is 24.0 Å². The molecule has 3 atom stereocenters. The molecule has 0 spiro atoms. The van der Waals surface area contributed by atoms with Gasteiger partial charge in [-0.1, -0.05) is 32.9 Å². The molecule has 0 unspecified atom stereocenters. The first-order valence-corrected chi connectivity index (χ1v) is 9.86. The quantitative estimate of drug-likeness (QED) is 0.685. The molecule has 1 N–H and O–H groups in total. The summed E-state index contributed by atoms with van der Waals surface area (Å²) in [6, 6.07) is 1.93. The molecule has 1 aromatic rings. The van der Waals surface area contributed by atoms with Crippen molar-refractivity contribution in [3.63, 3.8) is 0 Å². The molecule has 1 saturated heterocycles. The van der Waals surface area contributed by atoms with Crippen molar-refractivity contribution in [2.75, 3.05) is 26.7 Å². The largest absolute Gasteiger partial charge is 0.390 e. The zero-order valence-electron chi connectivity index (χ0n) is 17.0. The number of hydrogen-bond acceptors (Lipinski definition) is 6. The molecule has 0 bridgehead atoms. The Kier molecular flexibility index (Phi) is 8.54. The third-order valence-electron chi connectivity index (χ3n) is 4.60. The van der Waals surface area contributed by atoms with Gasteiger partial charge in [0.2, 0.25) is 0 Å². The maximum absolute atomic E-state index is 10.4. The average Bonchev–Trinajstić information content (AvgIpc) is 2.97. The summed E-state index contributed by atoms with van der Waals surface area (Å²) >= 11 is 0. The first kappa shape index (κ1) is 21.4. The van der Waals surface area contributed by atoms with Crippen molar-refractivity contribution >= 4 is 0 Å². The Morgan fingerprint density at radius 2 is 1.92 bits per heavy atom. The predicted octanol–water partition coefficient (Wildman–Crippen LogP) is 2.89. The SMILES string of the molecule is COCc1cc(C[C@@H]2CC[C@H](O)[C@@H](CN(CC(C)C)CC(C)C)O2)no1. The minimum absolute atomic E-state index is 0.0730. The van der Waals surface area contributed by atoms with Gasteiger partial charge in [0.1, 0.15) is 6.61 Å². The Bertz CT molecular complexity index is 508. The summed E-state index contributed by atoms with van der Waals surface area (Å²) < 4.78 is 16.6. The first-order valence-electron chi connectivity index (χ1n) is 9.86. The summed E-state index contributed by atoms with van der Waals surface area (Å²) in [7, 11) is 1.64. The summed E-state index contributed by atoms with van der Waals surface area (Å²) in [6.07, 6.45) is 1.87. The van der Waals surface area contributed by atoms with E-state index in [4.69, 9.17) is 14.0 Å². The first-order chi connectivity index (χ1) is 12.4. The lowest BCUT2D eigenvalue weighted by atomic mass is 9.97. The molecule has 0 aliphatic carbocycles. The Balaban J connectivity index is 1.92. The normalized spacial score (nSPS) is 24.1. The fourth-order valence-corrected chi connectivity index (χ4v) is 3.67. The van der Waals surface area contributed by atoms with Crippen LogP contribution in [0.3, 0.4) is 0 Å². The van der Waals surface area contributed by atoms with E-state index < -0.39 is 6.10 Å². The highest BCUT2D eigenvalue weighted by atomic mass is 16.5. The van der Waals surface area contributed by atoms with Crippen molar-refractivity contribution in [2.45, 2.75) is 71.9 Å². The third kappa shape index (κ3) is 6.99. The Hall–Kier alpha value is -0.950. The van der Waals surface area contributed by atoms with Gasteiger partial charge in [-0.2, -0.15) is 0 Å². The van der Waals surface area contributed by atoms with E-state index >= 15 is 0 Å². The van der Waals surface area contributed by atoms with Crippen molar-refractivity contribution in [2.24, 2.45) is 11.8 Å². The molecule has 2 rings (SSSR count). The van der Waals surface area contributed by atoms with Crippen LogP contribution in [0.2, 0.25) is 0 Å². The second-order valence-corrected chi connectivity index (χ2v) is 8.37. The van der Waals surface area contributed by atoms with Gasteiger partial charge in [-0.05, 0) is 24.7 Å². The number of aromatic nitrogens is 1. The van der Waals surface area contributed by atoms with Crippen LogP contribution in [0.25, 0.3) is 0 Å². The molecule has 26 heavy (non-hydrogen) atoms. The summed E-state index contributed by atoms with van der Waals surface area (Å²) in [4.78, 5) is 2.43. The van der Waals surface area contributed by atoms with E-state index in [1.165, 1.54) is 0 Å². The van der Waals surface area contributed by atoms with Crippen LogP contribution in [0.1, 0.15) is 52.0 Å². The standard InChI is InChI=1S/C20H36N2O4/c1-14(2)10-22(11-15(3)4)12-20-19(23)7-6-17(25-20)8-16-9-18(13-24-5)26-21-16/h9,14-15,17,19-20,23H,6-8,10-13H2,1-5H3/t17-,19-,20+/m0/s1. The highest BCUT2D eigenvalue weighted by molar-refractivity contribution is 5.06. The molecule has 0 saturated carbocycles. The van der Waals surface area contributed by atoms with Crippen molar-refractivity contribution in [1.82, 2.24) is 10.1 Å². The molecular weight excluding hydrogens is 332 g/mol. The van der Waals surface area contributed by atoms with Gasteiger partial charge in [0, 0.05) is 39.2 Å². The summed E-state index contributed by atoms with van der Waals surface area (Å²) in [6.45, 7) is 12.2. The summed E-state index contributed by atoms with van der Waals surface area (Å²) in [5.74, 6) is 1.93. The van der Waals surface area contributed by atoms with E-state index in [-0.39, 0.29) is 12.2 Å². The Morgan fingerprint density at radius 3 is 2.54 bits per heavy atom. The number of aliphatic hydroxyl groups is 1. The van der Waals surface area contributed by atoms with Crippen molar-refractivity contribution < 1.29 is 19.1 Å². The number of hydrogen-bond donors (Lipinski definition) is 1. The molecule has 1 aliphatic rings. The van der Waals surface area contributed by atoms with Crippen LogP contribution < -0.4 is 0 Å². The van der Waals surface area contributed by atoms with Crippen LogP contribution in [0.15, 0.2) is 10.6 Å². The van der Waals surface area contributed by atoms with E-state index in [0.717, 1.165) is 43.9 Å². The predicted molar refractivity (Wildman–Crippen MR) is 101 cm³/mol. The molecule has 0 radical (unpaired) electrons. The lowest BCUT2D eigenvalue weighted by molar-refractivity contribution is -0.127. The molecule has 6 heteroatoms. The maximum atomic E-state index is 10.4. The van der Waals surface area contributed by atoms with E-state index in [0.29, 0.717) is 24.9 Å². The van der Waals surface area contributed by atoms with Crippen LogP contribution in [0, 0.1) is 11.8 Å². The summed E-state index contributed by atoms with van der Waals surface area (Å²) in [5.41, 5.74) is 0.887. The molecule has 150 valence electrons. The third-order valence-corrected chi connectivity index (χ3v) is 4.60. The van der Waals surface area contributed by atoms with Crippen LogP contribution in [0.5, 0.6) is 0 Å². The highest BCUT2D eigenvalue weighted by Crippen LogP contribution is 2.24. The molecule has 1 aromatic heterocycles. The van der Waals surface area contributed by atoms with E-state index in [2.05, 4.69) is 37.8 Å². The molecule has 2 heterocycles. The monoisotopic (exact) mass is 368 g/mol. The Morgan fingerprint density at radius 1 is 1.23 bits per heavy atom. The number of nitrogens with zero attached hydrogens (tertiary/aromatic N) is 2. The minimum atomic E-state index is -0.394.